The molecule has 4 heteroatoms. The lowest BCUT2D eigenvalue weighted by Gasteiger charge is -2.35. The summed E-state index contributed by atoms with van der Waals surface area (Å²) in [4.78, 5) is 24.9. The van der Waals surface area contributed by atoms with E-state index in [2.05, 4.69) is 12.2 Å². The van der Waals surface area contributed by atoms with Gasteiger partial charge in [0.1, 0.15) is 5.60 Å². The quantitative estimate of drug-likeness (QED) is 0.797. The van der Waals surface area contributed by atoms with E-state index in [0.29, 0.717) is 17.1 Å². The Morgan fingerprint density at radius 2 is 1.82 bits per heavy atom. The first-order chi connectivity index (χ1) is 10.5. The lowest BCUT2D eigenvalue weighted by atomic mass is 9.78. The molecule has 1 spiro atoms. The molecular weight excluding hydrogens is 278 g/mol. The maximum atomic E-state index is 12.9. The first-order valence-corrected chi connectivity index (χ1v) is 8.79. The predicted octanol–water partition coefficient (Wildman–Crippen LogP) is 3.26. The summed E-state index contributed by atoms with van der Waals surface area (Å²) >= 11 is 0. The average Bonchev–Trinajstić information content (AvgIpc) is 2.73. The van der Waals surface area contributed by atoms with E-state index in [1.54, 1.807) is 6.92 Å². The summed E-state index contributed by atoms with van der Waals surface area (Å²) < 4.78 is 5.68. The topological polar surface area (TPSA) is 55.4 Å². The molecule has 2 saturated carbocycles. The van der Waals surface area contributed by atoms with E-state index in [4.69, 9.17) is 4.74 Å². The van der Waals surface area contributed by atoms with Crippen LogP contribution < -0.4 is 5.32 Å². The van der Waals surface area contributed by atoms with Crippen molar-refractivity contribution < 1.29 is 14.3 Å². The summed E-state index contributed by atoms with van der Waals surface area (Å²) in [6.07, 6.45) is 9.43. The predicted molar refractivity (Wildman–Crippen MR) is 84.2 cm³/mol. The third-order valence-electron chi connectivity index (χ3n) is 5.74. The van der Waals surface area contributed by atoms with Crippen LogP contribution in [0.5, 0.6) is 0 Å². The number of hydrogen-bond acceptors (Lipinski definition) is 3. The van der Waals surface area contributed by atoms with Gasteiger partial charge in [-0.15, -0.1) is 0 Å². The van der Waals surface area contributed by atoms with Gasteiger partial charge in [-0.3, -0.25) is 4.79 Å². The summed E-state index contributed by atoms with van der Waals surface area (Å²) in [7, 11) is 0. The van der Waals surface area contributed by atoms with Crippen LogP contribution in [0.3, 0.4) is 0 Å². The highest BCUT2D eigenvalue weighted by Gasteiger charge is 2.49. The van der Waals surface area contributed by atoms with E-state index in [9.17, 15) is 9.59 Å². The van der Waals surface area contributed by atoms with E-state index >= 15 is 0 Å². The minimum atomic E-state index is -0.637. The Balaban J connectivity index is 1.80. The van der Waals surface area contributed by atoms with Crippen LogP contribution in [0, 0.1) is 5.92 Å². The molecule has 3 rings (SSSR count). The molecule has 2 atom stereocenters. The van der Waals surface area contributed by atoms with Gasteiger partial charge >= 0.3 is 5.97 Å². The molecule has 122 valence electrons. The second-order valence-corrected chi connectivity index (χ2v) is 7.29. The van der Waals surface area contributed by atoms with Crippen LogP contribution >= 0.6 is 0 Å². The van der Waals surface area contributed by atoms with Gasteiger partial charge in [0, 0.05) is 11.6 Å². The zero-order valence-corrected chi connectivity index (χ0v) is 13.7. The van der Waals surface area contributed by atoms with Gasteiger partial charge in [-0.25, -0.2) is 4.79 Å². The van der Waals surface area contributed by atoms with Crippen molar-refractivity contribution >= 4 is 11.9 Å². The average molecular weight is 305 g/mol. The third kappa shape index (κ3) is 2.68. The number of carbonyl (C=O) groups is 2. The van der Waals surface area contributed by atoms with E-state index in [1.807, 2.05) is 0 Å². The molecule has 1 aliphatic heterocycles. The largest absolute Gasteiger partial charge is 0.451 e. The lowest BCUT2D eigenvalue weighted by molar-refractivity contribution is -0.149. The molecule has 4 nitrogen and oxygen atoms in total. The molecule has 1 heterocycles. The number of ether oxygens (including phenoxy) is 1. The normalized spacial score (nSPS) is 31.3. The first kappa shape index (κ1) is 15.6. The highest BCUT2D eigenvalue weighted by atomic mass is 16.6. The van der Waals surface area contributed by atoms with Crippen molar-refractivity contribution in [3.63, 3.8) is 0 Å². The van der Waals surface area contributed by atoms with Crippen LogP contribution in [-0.2, 0) is 14.3 Å². The van der Waals surface area contributed by atoms with Gasteiger partial charge in [-0.05, 0) is 51.4 Å². The summed E-state index contributed by atoms with van der Waals surface area (Å²) in [5.74, 6) is 0.145. The lowest BCUT2D eigenvalue weighted by Crippen LogP contribution is -2.46. The van der Waals surface area contributed by atoms with Gasteiger partial charge in [0.25, 0.3) is 5.91 Å². The van der Waals surface area contributed by atoms with Gasteiger partial charge in [0.2, 0.25) is 0 Å². The minimum absolute atomic E-state index is 0.0657. The summed E-state index contributed by atoms with van der Waals surface area (Å²) in [6.45, 7) is 3.95. The van der Waals surface area contributed by atoms with E-state index in [1.165, 1.54) is 19.3 Å². The molecule has 0 saturated heterocycles. The van der Waals surface area contributed by atoms with Crippen LogP contribution in [0.2, 0.25) is 0 Å². The van der Waals surface area contributed by atoms with Crippen molar-refractivity contribution in [3.05, 3.63) is 11.1 Å². The second kappa shape index (κ2) is 6.05. The van der Waals surface area contributed by atoms with E-state index < -0.39 is 5.60 Å². The zero-order valence-electron chi connectivity index (χ0n) is 13.7. The van der Waals surface area contributed by atoms with E-state index in [-0.39, 0.29) is 17.9 Å². The summed E-state index contributed by atoms with van der Waals surface area (Å²) in [5.41, 5.74) is 0.499. The van der Waals surface area contributed by atoms with Gasteiger partial charge in [0.15, 0.2) is 0 Å². The monoisotopic (exact) mass is 305 g/mol. The van der Waals surface area contributed by atoms with Gasteiger partial charge in [-0.1, -0.05) is 26.2 Å². The van der Waals surface area contributed by atoms with Crippen LogP contribution in [-0.4, -0.2) is 23.5 Å². The Kier molecular flexibility index (Phi) is 4.28. The molecule has 0 aromatic heterocycles. The molecule has 2 fully saturated rings. The van der Waals surface area contributed by atoms with Crippen molar-refractivity contribution in [2.45, 2.75) is 83.3 Å². The number of rotatable bonds is 2. The number of carbonyl (C=O) groups excluding carboxylic acids is 2. The number of amides is 1. The van der Waals surface area contributed by atoms with Crippen LogP contribution in [0.1, 0.15) is 71.6 Å². The molecule has 0 bridgehead atoms. The maximum absolute atomic E-state index is 12.9. The zero-order chi connectivity index (χ0) is 15.7. The van der Waals surface area contributed by atoms with Crippen molar-refractivity contribution in [2.24, 2.45) is 5.92 Å². The second-order valence-electron chi connectivity index (χ2n) is 7.29. The molecule has 0 aromatic rings. The number of hydrogen-bond donors (Lipinski definition) is 1. The molecule has 2 aliphatic carbocycles. The molecular formula is C18H27NO3. The summed E-state index contributed by atoms with van der Waals surface area (Å²) in [6, 6.07) is 0.234. The van der Waals surface area contributed by atoms with Gasteiger partial charge in [-0.2, -0.15) is 0 Å². The highest BCUT2D eigenvalue weighted by molar-refractivity contribution is 6.07. The van der Waals surface area contributed by atoms with Gasteiger partial charge < -0.3 is 10.1 Å². The maximum Gasteiger partial charge on any atom is 0.335 e. The molecule has 22 heavy (non-hydrogen) atoms. The Labute approximate surface area is 132 Å². The third-order valence-corrected chi connectivity index (χ3v) is 5.74. The van der Waals surface area contributed by atoms with Crippen molar-refractivity contribution in [2.75, 3.05) is 0 Å². The Morgan fingerprint density at radius 1 is 1.14 bits per heavy atom. The van der Waals surface area contributed by atoms with Crippen molar-refractivity contribution in [3.8, 4) is 0 Å². The van der Waals surface area contributed by atoms with Crippen molar-refractivity contribution in [1.29, 1.82) is 0 Å². The standard InChI is InChI=1S/C18H27NO3/c1-12-8-4-5-9-14(12)19-16(20)15-13(2)17(21)22-18(15)10-6-3-7-11-18/h12,14H,3-11H2,1-2H3,(H,19,20). The smallest absolute Gasteiger partial charge is 0.335 e. The Bertz CT molecular complexity index is 502. The van der Waals surface area contributed by atoms with Crippen molar-refractivity contribution in [1.82, 2.24) is 5.32 Å². The number of esters is 1. The fourth-order valence-corrected chi connectivity index (χ4v) is 4.37. The minimum Gasteiger partial charge on any atom is -0.451 e. The SMILES string of the molecule is CC1=C(C(=O)NC2CCCCC2C)C2(CCCCC2)OC1=O. The highest BCUT2D eigenvalue weighted by Crippen LogP contribution is 2.44. The molecule has 0 aromatic carbocycles. The molecule has 3 aliphatic rings. The molecule has 1 N–H and O–H groups in total. The first-order valence-electron chi connectivity index (χ1n) is 8.79. The van der Waals surface area contributed by atoms with Gasteiger partial charge in [0.05, 0.1) is 5.57 Å². The molecule has 1 amide bonds. The molecule has 2 unspecified atom stereocenters. The van der Waals surface area contributed by atoms with Crippen LogP contribution in [0.4, 0.5) is 0 Å². The van der Waals surface area contributed by atoms with Crippen LogP contribution in [0.25, 0.3) is 0 Å². The van der Waals surface area contributed by atoms with Crippen LogP contribution in [0.15, 0.2) is 11.1 Å². The molecule has 0 radical (unpaired) electrons. The van der Waals surface area contributed by atoms with E-state index in [0.717, 1.165) is 38.5 Å². The fraction of sp³-hybridized carbons (Fsp3) is 0.778. The fourth-order valence-electron chi connectivity index (χ4n) is 4.37. The Hall–Kier alpha value is -1.32. The number of nitrogens with one attached hydrogen (secondary N) is 1. The summed E-state index contributed by atoms with van der Waals surface area (Å²) in [5, 5.41) is 3.20. The Morgan fingerprint density at radius 3 is 2.50 bits per heavy atom.